The SMILES string of the molecule is CC(C)c1cccc2c1CCN(Cc1cn(C)c(=O)n(C)c1=O)C2. The van der Waals surface area contributed by atoms with Gasteiger partial charge in [-0.1, -0.05) is 32.0 Å². The first-order valence-electron chi connectivity index (χ1n) is 8.47. The summed E-state index contributed by atoms with van der Waals surface area (Å²) < 4.78 is 2.66. The van der Waals surface area contributed by atoms with Gasteiger partial charge in [-0.05, 0) is 29.0 Å². The summed E-state index contributed by atoms with van der Waals surface area (Å²) in [5.41, 5.74) is 4.45. The average molecular weight is 327 g/mol. The summed E-state index contributed by atoms with van der Waals surface area (Å²) in [5.74, 6) is 0.530. The molecule has 128 valence electrons. The second-order valence-corrected chi connectivity index (χ2v) is 7.01. The zero-order valence-electron chi connectivity index (χ0n) is 14.9. The third-order valence-electron chi connectivity index (χ3n) is 4.91. The van der Waals surface area contributed by atoms with Crippen molar-refractivity contribution < 1.29 is 0 Å². The lowest BCUT2D eigenvalue weighted by atomic mass is 9.89. The van der Waals surface area contributed by atoms with Crippen LogP contribution in [-0.4, -0.2) is 20.6 Å². The highest BCUT2D eigenvalue weighted by molar-refractivity contribution is 5.38. The van der Waals surface area contributed by atoms with Gasteiger partial charge in [-0.15, -0.1) is 0 Å². The smallest absolute Gasteiger partial charge is 0.303 e. The van der Waals surface area contributed by atoms with E-state index in [9.17, 15) is 9.59 Å². The number of rotatable bonds is 3. The van der Waals surface area contributed by atoms with Gasteiger partial charge in [-0.25, -0.2) is 4.79 Å². The number of hydrogen-bond donors (Lipinski definition) is 0. The molecule has 24 heavy (non-hydrogen) atoms. The van der Waals surface area contributed by atoms with Crippen LogP contribution < -0.4 is 11.2 Å². The van der Waals surface area contributed by atoms with Crippen molar-refractivity contribution in [3.63, 3.8) is 0 Å². The largest absolute Gasteiger partial charge is 0.330 e. The molecule has 1 aliphatic rings. The summed E-state index contributed by atoms with van der Waals surface area (Å²) in [7, 11) is 3.22. The van der Waals surface area contributed by atoms with Crippen LogP contribution >= 0.6 is 0 Å². The van der Waals surface area contributed by atoms with Crippen molar-refractivity contribution in [2.45, 2.75) is 39.3 Å². The summed E-state index contributed by atoms with van der Waals surface area (Å²) in [6, 6.07) is 6.54. The molecule has 0 bridgehead atoms. The molecule has 0 fully saturated rings. The molecule has 0 spiro atoms. The van der Waals surface area contributed by atoms with Gasteiger partial charge in [-0.3, -0.25) is 14.3 Å². The Bertz CT molecular complexity index is 877. The quantitative estimate of drug-likeness (QED) is 0.863. The minimum Gasteiger partial charge on any atom is -0.303 e. The van der Waals surface area contributed by atoms with Crippen LogP contribution in [0.3, 0.4) is 0 Å². The maximum atomic E-state index is 12.3. The zero-order chi connectivity index (χ0) is 17.4. The van der Waals surface area contributed by atoms with E-state index in [0.717, 1.165) is 19.5 Å². The first kappa shape index (κ1) is 16.7. The lowest BCUT2D eigenvalue weighted by molar-refractivity contribution is 0.242. The molecular weight excluding hydrogens is 302 g/mol. The van der Waals surface area contributed by atoms with Crippen LogP contribution in [0.5, 0.6) is 0 Å². The van der Waals surface area contributed by atoms with Crippen LogP contribution in [0.4, 0.5) is 0 Å². The molecule has 0 radical (unpaired) electrons. The predicted octanol–water partition coefficient (Wildman–Crippen LogP) is 1.77. The average Bonchev–Trinajstić information content (AvgIpc) is 2.57. The Balaban J connectivity index is 1.87. The molecule has 3 rings (SSSR count). The fourth-order valence-electron chi connectivity index (χ4n) is 3.61. The number of fused-ring (bicyclic) bond motifs is 1. The third-order valence-corrected chi connectivity index (χ3v) is 4.91. The summed E-state index contributed by atoms with van der Waals surface area (Å²) in [5, 5.41) is 0. The highest BCUT2D eigenvalue weighted by Gasteiger charge is 2.21. The minimum absolute atomic E-state index is 0.195. The van der Waals surface area contributed by atoms with Crippen LogP contribution in [0.15, 0.2) is 34.0 Å². The van der Waals surface area contributed by atoms with E-state index in [0.29, 0.717) is 18.0 Å². The van der Waals surface area contributed by atoms with E-state index in [1.807, 2.05) is 0 Å². The molecule has 0 aliphatic carbocycles. The molecule has 5 heteroatoms. The highest BCUT2D eigenvalue weighted by Crippen LogP contribution is 2.27. The van der Waals surface area contributed by atoms with Gasteiger partial charge in [0.1, 0.15) is 0 Å². The first-order chi connectivity index (χ1) is 11.4. The van der Waals surface area contributed by atoms with Crippen molar-refractivity contribution in [1.82, 2.24) is 14.0 Å². The van der Waals surface area contributed by atoms with Crippen molar-refractivity contribution in [3.05, 3.63) is 67.5 Å². The fourth-order valence-corrected chi connectivity index (χ4v) is 3.61. The van der Waals surface area contributed by atoms with Crippen LogP contribution in [0.1, 0.15) is 42.0 Å². The number of hydrogen-bond acceptors (Lipinski definition) is 3. The Hall–Kier alpha value is -2.14. The maximum absolute atomic E-state index is 12.3. The van der Waals surface area contributed by atoms with E-state index in [2.05, 4.69) is 36.9 Å². The minimum atomic E-state index is -0.283. The third kappa shape index (κ3) is 2.96. The number of aromatic nitrogens is 2. The molecule has 0 atom stereocenters. The second-order valence-electron chi connectivity index (χ2n) is 7.01. The Kier molecular flexibility index (Phi) is 4.45. The molecule has 1 aromatic carbocycles. The molecule has 5 nitrogen and oxygen atoms in total. The fraction of sp³-hybridized carbons (Fsp3) is 0.474. The van der Waals surface area contributed by atoms with Crippen molar-refractivity contribution in [2.24, 2.45) is 14.1 Å². The normalized spacial score (nSPS) is 14.9. The molecule has 2 aromatic rings. The van der Waals surface area contributed by atoms with Gasteiger partial charge < -0.3 is 4.57 Å². The van der Waals surface area contributed by atoms with Crippen LogP contribution in [0.25, 0.3) is 0 Å². The van der Waals surface area contributed by atoms with Gasteiger partial charge in [0.2, 0.25) is 0 Å². The van der Waals surface area contributed by atoms with Gasteiger partial charge in [0.25, 0.3) is 5.56 Å². The monoisotopic (exact) mass is 327 g/mol. The molecule has 2 heterocycles. The molecule has 0 amide bonds. The lowest BCUT2D eigenvalue weighted by Gasteiger charge is -2.30. The Morgan fingerprint density at radius 3 is 2.62 bits per heavy atom. The molecule has 0 saturated heterocycles. The van der Waals surface area contributed by atoms with Crippen LogP contribution in [-0.2, 0) is 33.6 Å². The molecule has 0 N–H and O–H groups in total. The number of benzene rings is 1. The standard InChI is InChI=1S/C19H25N3O2/c1-13(2)16-7-5-6-14-11-22(9-8-17(14)16)12-15-10-20(3)19(24)21(4)18(15)23/h5-7,10,13H,8-9,11-12H2,1-4H3. The van der Waals surface area contributed by atoms with E-state index in [1.165, 1.54) is 32.9 Å². The molecule has 1 aromatic heterocycles. The highest BCUT2D eigenvalue weighted by atomic mass is 16.2. The topological polar surface area (TPSA) is 47.2 Å². The van der Waals surface area contributed by atoms with E-state index < -0.39 is 0 Å². The van der Waals surface area contributed by atoms with Crippen molar-refractivity contribution >= 4 is 0 Å². The first-order valence-corrected chi connectivity index (χ1v) is 8.47. The van der Waals surface area contributed by atoms with E-state index in [1.54, 1.807) is 13.2 Å². The predicted molar refractivity (Wildman–Crippen MR) is 95.3 cm³/mol. The second kappa shape index (κ2) is 6.40. The van der Waals surface area contributed by atoms with Gasteiger partial charge in [0, 0.05) is 45.5 Å². The summed E-state index contributed by atoms with van der Waals surface area (Å²) in [4.78, 5) is 26.4. The number of nitrogens with zero attached hydrogens (tertiary/aromatic N) is 3. The van der Waals surface area contributed by atoms with E-state index in [4.69, 9.17) is 0 Å². The summed E-state index contributed by atoms with van der Waals surface area (Å²) in [6.07, 6.45) is 2.68. The Morgan fingerprint density at radius 2 is 1.92 bits per heavy atom. The molecular formula is C19H25N3O2. The molecule has 0 saturated carbocycles. The summed E-state index contributed by atoms with van der Waals surface area (Å²) >= 11 is 0. The van der Waals surface area contributed by atoms with E-state index >= 15 is 0 Å². The lowest BCUT2D eigenvalue weighted by Crippen LogP contribution is -2.40. The van der Waals surface area contributed by atoms with Crippen molar-refractivity contribution in [3.8, 4) is 0 Å². The molecule has 1 aliphatic heterocycles. The van der Waals surface area contributed by atoms with Crippen LogP contribution in [0, 0.1) is 0 Å². The summed E-state index contributed by atoms with van der Waals surface area (Å²) in [6.45, 7) is 6.82. The van der Waals surface area contributed by atoms with Gasteiger partial charge in [0.15, 0.2) is 0 Å². The van der Waals surface area contributed by atoms with Crippen LogP contribution in [0.2, 0.25) is 0 Å². The van der Waals surface area contributed by atoms with Crippen molar-refractivity contribution in [1.29, 1.82) is 0 Å². The number of aryl methyl sites for hydroxylation is 1. The Labute approximate surface area is 142 Å². The van der Waals surface area contributed by atoms with Gasteiger partial charge >= 0.3 is 5.69 Å². The van der Waals surface area contributed by atoms with E-state index in [-0.39, 0.29) is 11.2 Å². The molecule has 0 unspecified atom stereocenters. The maximum Gasteiger partial charge on any atom is 0.330 e. The van der Waals surface area contributed by atoms with Gasteiger partial charge in [0.05, 0.1) is 0 Å². The Morgan fingerprint density at radius 1 is 1.17 bits per heavy atom. The zero-order valence-corrected chi connectivity index (χ0v) is 14.9. The van der Waals surface area contributed by atoms with Gasteiger partial charge in [-0.2, -0.15) is 0 Å². The van der Waals surface area contributed by atoms with Crippen molar-refractivity contribution in [2.75, 3.05) is 6.54 Å².